The van der Waals surface area contributed by atoms with E-state index in [4.69, 9.17) is 9.15 Å². The fourth-order valence-electron chi connectivity index (χ4n) is 2.15. The number of halogens is 1. The molecule has 3 rings (SSSR count). The first kappa shape index (κ1) is 16.9. The number of esters is 1. The quantitative estimate of drug-likeness (QED) is 0.686. The highest BCUT2D eigenvalue weighted by Gasteiger charge is 2.18. The van der Waals surface area contributed by atoms with Gasteiger partial charge in [-0.15, -0.1) is 11.3 Å². The second kappa shape index (κ2) is 7.31. The third kappa shape index (κ3) is 3.95. The summed E-state index contributed by atoms with van der Waals surface area (Å²) in [7, 11) is 0. The van der Waals surface area contributed by atoms with Gasteiger partial charge in [0.15, 0.2) is 5.76 Å². The van der Waals surface area contributed by atoms with Gasteiger partial charge in [0, 0.05) is 5.56 Å². The van der Waals surface area contributed by atoms with E-state index in [9.17, 15) is 14.0 Å². The van der Waals surface area contributed by atoms with Crippen molar-refractivity contribution in [2.24, 2.45) is 0 Å². The van der Waals surface area contributed by atoms with Crippen LogP contribution >= 0.6 is 11.3 Å². The summed E-state index contributed by atoms with van der Waals surface area (Å²) in [4.78, 5) is 24.5. The molecule has 0 aliphatic carbocycles. The predicted octanol–water partition coefficient (Wildman–Crippen LogP) is 4.40. The normalized spacial score (nSPS) is 10.5. The van der Waals surface area contributed by atoms with Gasteiger partial charge in [0.05, 0.1) is 11.3 Å². The van der Waals surface area contributed by atoms with E-state index in [2.05, 4.69) is 5.32 Å². The number of anilines is 1. The summed E-state index contributed by atoms with van der Waals surface area (Å²) in [6, 6.07) is 10.9. The second-order valence-corrected chi connectivity index (χ2v) is 6.27. The summed E-state index contributed by atoms with van der Waals surface area (Å²) >= 11 is 1.09. The predicted molar refractivity (Wildman–Crippen MR) is 91.2 cm³/mol. The van der Waals surface area contributed by atoms with Crippen LogP contribution in [0.1, 0.15) is 31.4 Å². The molecule has 1 amide bonds. The number of hydrogen-bond donors (Lipinski definition) is 1. The number of benzene rings is 1. The number of amides is 1. The molecule has 0 unspecified atom stereocenters. The Kier molecular flexibility index (Phi) is 4.95. The van der Waals surface area contributed by atoms with E-state index >= 15 is 0 Å². The summed E-state index contributed by atoms with van der Waals surface area (Å²) in [6.07, 6.45) is 1.40. The smallest absolute Gasteiger partial charge is 0.348 e. The van der Waals surface area contributed by atoms with Gasteiger partial charge >= 0.3 is 5.97 Å². The minimum Gasteiger partial charge on any atom is -0.459 e. The zero-order valence-electron chi connectivity index (χ0n) is 13.2. The Morgan fingerprint density at radius 1 is 1.24 bits per heavy atom. The van der Waals surface area contributed by atoms with Crippen molar-refractivity contribution >= 4 is 28.2 Å². The Morgan fingerprint density at radius 2 is 2.04 bits per heavy atom. The van der Waals surface area contributed by atoms with Crippen LogP contribution in [-0.2, 0) is 11.3 Å². The topological polar surface area (TPSA) is 68.5 Å². The van der Waals surface area contributed by atoms with Gasteiger partial charge in [-0.05, 0) is 36.8 Å². The highest BCUT2D eigenvalue weighted by molar-refractivity contribution is 7.18. The fourth-order valence-corrected chi connectivity index (χ4v) is 3.11. The lowest BCUT2D eigenvalue weighted by Gasteiger charge is -2.05. The number of hydrogen-bond acceptors (Lipinski definition) is 5. The first-order valence-electron chi connectivity index (χ1n) is 7.40. The third-order valence-electron chi connectivity index (χ3n) is 3.40. The minimum atomic E-state index is -0.566. The van der Waals surface area contributed by atoms with Gasteiger partial charge < -0.3 is 14.5 Å². The Balaban J connectivity index is 1.66. The summed E-state index contributed by atoms with van der Waals surface area (Å²) in [5, 5.41) is 3.16. The van der Waals surface area contributed by atoms with Crippen LogP contribution in [0.15, 0.2) is 53.1 Å². The standard InChI is InChI=1S/C18H14FNO4S/c1-11-9-15(20-17(21)14-7-4-8-23-14)25-16(11)18(22)24-10-12-5-2-3-6-13(12)19/h2-9H,10H2,1H3,(H,20,21). The number of thiophene rings is 1. The van der Waals surface area contributed by atoms with Crippen LogP contribution in [0.25, 0.3) is 0 Å². The van der Waals surface area contributed by atoms with Gasteiger partial charge in [-0.1, -0.05) is 18.2 Å². The minimum absolute atomic E-state index is 0.156. The van der Waals surface area contributed by atoms with Crippen molar-refractivity contribution in [3.05, 3.63) is 76.3 Å². The van der Waals surface area contributed by atoms with Crippen molar-refractivity contribution in [3.8, 4) is 0 Å². The molecule has 0 fully saturated rings. The highest BCUT2D eigenvalue weighted by Crippen LogP contribution is 2.28. The lowest BCUT2D eigenvalue weighted by Crippen LogP contribution is -2.09. The van der Waals surface area contributed by atoms with Crippen LogP contribution in [0, 0.1) is 12.7 Å². The Morgan fingerprint density at radius 3 is 2.76 bits per heavy atom. The first-order chi connectivity index (χ1) is 12.0. The molecule has 3 aromatic rings. The third-order valence-corrected chi connectivity index (χ3v) is 4.53. The van der Waals surface area contributed by atoms with Crippen LogP contribution in [0.5, 0.6) is 0 Å². The number of nitrogens with one attached hydrogen (secondary N) is 1. The Bertz CT molecular complexity index is 902. The number of rotatable bonds is 5. The largest absolute Gasteiger partial charge is 0.459 e. The first-order valence-corrected chi connectivity index (χ1v) is 8.22. The molecule has 0 aliphatic rings. The molecule has 2 aromatic heterocycles. The van der Waals surface area contributed by atoms with Crippen LogP contribution in [0.3, 0.4) is 0 Å². The van der Waals surface area contributed by atoms with Crippen LogP contribution in [0.2, 0.25) is 0 Å². The molecule has 25 heavy (non-hydrogen) atoms. The molecule has 0 saturated carbocycles. The van der Waals surface area contributed by atoms with Gasteiger partial charge in [0.25, 0.3) is 5.91 Å². The molecular formula is C18H14FNO4S. The van der Waals surface area contributed by atoms with E-state index in [0.717, 1.165) is 11.3 Å². The summed E-state index contributed by atoms with van der Waals surface area (Å²) in [5.74, 6) is -1.22. The van der Waals surface area contributed by atoms with Crippen molar-refractivity contribution in [1.82, 2.24) is 0 Å². The molecule has 0 saturated heterocycles. The number of ether oxygens (including phenoxy) is 1. The summed E-state index contributed by atoms with van der Waals surface area (Å²) < 4.78 is 23.7. The average molecular weight is 359 g/mol. The van der Waals surface area contributed by atoms with Gasteiger partial charge in [-0.2, -0.15) is 0 Å². The molecule has 1 aromatic carbocycles. The molecule has 0 radical (unpaired) electrons. The van der Waals surface area contributed by atoms with Crippen molar-refractivity contribution in [2.45, 2.75) is 13.5 Å². The van der Waals surface area contributed by atoms with E-state index in [1.54, 1.807) is 43.3 Å². The molecule has 5 nitrogen and oxygen atoms in total. The molecular weight excluding hydrogens is 345 g/mol. The van der Waals surface area contributed by atoms with Crippen molar-refractivity contribution in [3.63, 3.8) is 0 Å². The fraction of sp³-hybridized carbons (Fsp3) is 0.111. The molecule has 7 heteroatoms. The van der Waals surface area contributed by atoms with Crippen LogP contribution in [-0.4, -0.2) is 11.9 Å². The number of furan rings is 1. The Hall–Kier alpha value is -2.93. The lowest BCUT2D eigenvalue weighted by molar-refractivity contribution is 0.0474. The molecule has 0 bridgehead atoms. The maximum atomic E-state index is 13.6. The van der Waals surface area contributed by atoms with E-state index < -0.39 is 17.7 Å². The van der Waals surface area contributed by atoms with Crippen molar-refractivity contribution in [2.75, 3.05) is 5.32 Å². The number of carbonyl (C=O) groups excluding carboxylic acids is 2. The monoisotopic (exact) mass is 359 g/mol. The number of carbonyl (C=O) groups is 2. The molecule has 0 atom stereocenters. The Labute approximate surface area is 147 Å². The van der Waals surface area contributed by atoms with Crippen molar-refractivity contribution < 1.29 is 23.1 Å². The molecule has 128 valence electrons. The van der Waals surface area contributed by atoms with Gasteiger partial charge in [-0.25, -0.2) is 9.18 Å². The van der Waals surface area contributed by atoms with Crippen LogP contribution < -0.4 is 5.32 Å². The zero-order chi connectivity index (χ0) is 17.8. The molecule has 0 spiro atoms. The summed E-state index contributed by atoms with van der Waals surface area (Å²) in [6.45, 7) is 1.58. The SMILES string of the molecule is Cc1cc(NC(=O)c2ccco2)sc1C(=O)OCc1ccccc1F. The second-order valence-electron chi connectivity index (χ2n) is 5.22. The highest BCUT2D eigenvalue weighted by atomic mass is 32.1. The maximum Gasteiger partial charge on any atom is 0.348 e. The summed E-state index contributed by atoms with van der Waals surface area (Å²) in [5.41, 5.74) is 0.967. The van der Waals surface area contributed by atoms with Gasteiger partial charge in [-0.3, -0.25) is 4.79 Å². The van der Waals surface area contributed by atoms with Gasteiger partial charge in [0.1, 0.15) is 17.3 Å². The van der Waals surface area contributed by atoms with Crippen LogP contribution in [0.4, 0.5) is 9.39 Å². The maximum absolute atomic E-state index is 13.6. The van der Waals surface area contributed by atoms with E-state index in [0.29, 0.717) is 21.0 Å². The van der Waals surface area contributed by atoms with Gasteiger partial charge in [0.2, 0.25) is 0 Å². The van der Waals surface area contributed by atoms with E-state index in [-0.39, 0.29) is 12.4 Å². The van der Waals surface area contributed by atoms with E-state index in [1.807, 2.05) is 0 Å². The number of aryl methyl sites for hydroxylation is 1. The molecule has 0 aliphatic heterocycles. The molecule has 1 N–H and O–H groups in total. The zero-order valence-corrected chi connectivity index (χ0v) is 14.1. The average Bonchev–Trinajstić information content (AvgIpc) is 3.24. The molecule has 2 heterocycles. The van der Waals surface area contributed by atoms with E-state index in [1.165, 1.54) is 12.3 Å². The van der Waals surface area contributed by atoms with Crippen molar-refractivity contribution in [1.29, 1.82) is 0 Å². The lowest BCUT2D eigenvalue weighted by atomic mass is 10.2.